The molecular formula is C7H7N2O4+. The van der Waals surface area contributed by atoms with E-state index in [9.17, 15) is 15.3 Å². The van der Waals surface area contributed by atoms with Crippen LogP contribution < -0.4 is 9.47 Å². The third-order valence-corrected chi connectivity index (χ3v) is 1.92. The van der Waals surface area contributed by atoms with Gasteiger partial charge >= 0.3 is 5.82 Å². The number of hydrogen-bond acceptors (Lipinski definition) is 4. The van der Waals surface area contributed by atoms with Crippen molar-refractivity contribution in [2.24, 2.45) is 0 Å². The summed E-state index contributed by atoms with van der Waals surface area (Å²) in [7, 11) is 0. The van der Waals surface area contributed by atoms with Crippen LogP contribution in [0.4, 0.5) is 5.82 Å². The van der Waals surface area contributed by atoms with E-state index in [1.807, 2.05) is 0 Å². The zero-order valence-electron chi connectivity index (χ0n) is 6.64. The lowest BCUT2D eigenvalue weighted by Crippen LogP contribution is -2.37. The number of fused-ring (bicyclic) bond motifs is 1. The van der Waals surface area contributed by atoms with E-state index in [1.165, 1.54) is 12.1 Å². The summed E-state index contributed by atoms with van der Waals surface area (Å²) < 4.78 is 5.68. The zero-order chi connectivity index (χ0) is 9.42. The predicted octanol–water partition coefficient (Wildman–Crippen LogP) is 0.0545. The van der Waals surface area contributed by atoms with Gasteiger partial charge in [-0.1, -0.05) is 0 Å². The molecule has 6 nitrogen and oxygen atoms in total. The molecule has 0 unspecified atom stereocenters. The number of nitro groups is 1. The second kappa shape index (κ2) is 2.58. The number of nitrogens with zero attached hydrogens (tertiary/aromatic N) is 2. The van der Waals surface area contributed by atoms with Crippen molar-refractivity contribution in [1.29, 1.82) is 0 Å². The van der Waals surface area contributed by atoms with E-state index in [2.05, 4.69) is 0 Å². The van der Waals surface area contributed by atoms with Gasteiger partial charge < -0.3 is 4.74 Å². The number of ether oxygens (including phenoxy) is 1. The summed E-state index contributed by atoms with van der Waals surface area (Å²) in [5, 5.41) is 19.8. The molecule has 0 spiro atoms. The Hall–Kier alpha value is -1.85. The molecule has 1 aromatic rings. The Morgan fingerprint density at radius 1 is 1.62 bits per heavy atom. The summed E-state index contributed by atoms with van der Waals surface area (Å²) in [6, 6.07) is 2.71. The van der Waals surface area contributed by atoms with Gasteiger partial charge in [0.25, 0.3) is 5.69 Å². The molecular weight excluding hydrogens is 176 g/mol. The molecule has 6 heteroatoms. The van der Waals surface area contributed by atoms with Crippen molar-refractivity contribution in [3.8, 4) is 5.75 Å². The summed E-state index contributed by atoms with van der Waals surface area (Å²) in [6.07, 6.45) is 0.494. The van der Waals surface area contributed by atoms with Crippen LogP contribution in [0, 0.1) is 10.1 Å². The van der Waals surface area contributed by atoms with Crippen LogP contribution in [0.1, 0.15) is 5.69 Å². The SMILES string of the molecule is O=[N+]([O-])c1ccc2c([n+]1O)CCO2. The molecule has 0 atom stereocenters. The largest absolute Gasteiger partial charge is 0.549 e. The Bertz CT molecular complexity index is 377. The van der Waals surface area contributed by atoms with E-state index in [0.29, 0.717) is 29.2 Å². The predicted molar refractivity (Wildman–Crippen MR) is 39.7 cm³/mol. The van der Waals surface area contributed by atoms with Crippen molar-refractivity contribution in [2.75, 3.05) is 6.61 Å². The highest BCUT2D eigenvalue weighted by Gasteiger charge is 2.33. The highest BCUT2D eigenvalue weighted by atomic mass is 16.6. The van der Waals surface area contributed by atoms with Crippen molar-refractivity contribution in [3.05, 3.63) is 27.9 Å². The number of pyridine rings is 1. The van der Waals surface area contributed by atoms with Crippen LogP contribution in [-0.4, -0.2) is 16.7 Å². The molecule has 2 heterocycles. The van der Waals surface area contributed by atoms with Crippen molar-refractivity contribution >= 4 is 5.82 Å². The summed E-state index contributed by atoms with van der Waals surface area (Å²) in [4.78, 5) is 9.77. The van der Waals surface area contributed by atoms with Gasteiger partial charge in [-0.3, -0.25) is 15.3 Å². The van der Waals surface area contributed by atoms with Crippen LogP contribution in [0.15, 0.2) is 12.1 Å². The quantitative estimate of drug-likeness (QED) is 0.289. The normalized spacial score (nSPS) is 13.5. The molecule has 1 aromatic heterocycles. The molecule has 0 aliphatic carbocycles. The second-order valence-electron chi connectivity index (χ2n) is 2.67. The molecule has 0 bridgehead atoms. The van der Waals surface area contributed by atoms with Crippen LogP contribution in [0.5, 0.6) is 5.75 Å². The van der Waals surface area contributed by atoms with Crippen LogP contribution in [0.2, 0.25) is 0 Å². The maximum atomic E-state index is 10.4. The van der Waals surface area contributed by atoms with Crippen molar-refractivity contribution in [3.63, 3.8) is 0 Å². The monoisotopic (exact) mass is 183 g/mol. The molecule has 0 aromatic carbocycles. The Morgan fingerprint density at radius 3 is 3.08 bits per heavy atom. The highest BCUT2D eigenvalue weighted by Crippen LogP contribution is 2.23. The van der Waals surface area contributed by atoms with Gasteiger partial charge in [0.2, 0.25) is 0 Å². The minimum Gasteiger partial charge on any atom is -0.486 e. The van der Waals surface area contributed by atoms with E-state index < -0.39 is 4.92 Å². The molecule has 2 rings (SSSR count). The van der Waals surface area contributed by atoms with Gasteiger partial charge in [0.1, 0.15) is 4.92 Å². The average Bonchev–Trinajstić information content (AvgIpc) is 2.52. The first-order valence-corrected chi connectivity index (χ1v) is 3.74. The Morgan fingerprint density at radius 2 is 2.38 bits per heavy atom. The standard InChI is InChI=1S/C7H7N2O4/c10-8-5-3-4-13-6(5)1-2-7(8)9(11)12/h1-2,10H,3-4H2/q+1. The molecule has 1 aliphatic rings. The van der Waals surface area contributed by atoms with Crippen LogP contribution >= 0.6 is 0 Å². The molecule has 68 valence electrons. The third kappa shape index (κ3) is 1.07. The Labute approximate surface area is 73.1 Å². The third-order valence-electron chi connectivity index (χ3n) is 1.92. The van der Waals surface area contributed by atoms with Gasteiger partial charge in [0.15, 0.2) is 5.75 Å². The number of aromatic nitrogens is 1. The summed E-state index contributed by atoms with van der Waals surface area (Å²) in [5.74, 6) is 0.164. The van der Waals surface area contributed by atoms with E-state index in [0.717, 1.165) is 0 Å². The van der Waals surface area contributed by atoms with Crippen molar-refractivity contribution in [2.45, 2.75) is 6.42 Å². The second-order valence-corrected chi connectivity index (χ2v) is 2.67. The highest BCUT2D eigenvalue weighted by molar-refractivity contribution is 5.30. The molecule has 0 saturated heterocycles. The van der Waals surface area contributed by atoms with Gasteiger partial charge in [-0.2, -0.15) is 0 Å². The van der Waals surface area contributed by atoms with Gasteiger partial charge in [-0.05, 0) is 0 Å². The lowest BCUT2D eigenvalue weighted by molar-refractivity contribution is -0.924. The Balaban J connectivity index is 2.59. The van der Waals surface area contributed by atoms with Gasteiger partial charge in [0, 0.05) is 6.07 Å². The minimum atomic E-state index is -0.640. The molecule has 0 radical (unpaired) electrons. The molecule has 0 amide bonds. The van der Waals surface area contributed by atoms with E-state index in [4.69, 9.17) is 4.74 Å². The molecule has 0 saturated carbocycles. The minimum absolute atomic E-state index is 0.343. The average molecular weight is 183 g/mol. The first kappa shape index (κ1) is 7.78. The van der Waals surface area contributed by atoms with E-state index >= 15 is 0 Å². The zero-order valence-corrected chi connectivity index (χ0v) is 6.64. The molecule has 13 heavy (non-hydrogen) atoms. The smallest absolute Gasteiger partial charge is 0.486 e. The maximum Gasteiger partial charge on any atom is 0.549 e. The maximum absolute atomic E-state index is 10.4. The lowest BCUT2D eigenvalue weighted by Gasteiger charge is -1.93. The first-order chi connectivity index (χ1) is 6.20. The van der Waals surface area contributed by atoms with E-state index in [1.54, 1.807) is 0 Å². The fraction of sp³-hybridized carbons (Fsp3) is 0.286. The van der Waals surface area contributed by atoms with E-state index in [-0.39, 0.29) is 5.82 Å². The van der Waals surface area contributed by atoms with Gasteiger partial charge in [0.05, 0.1) is 23.8 Å². The van der Waals surface area contributed by atoms with Crippen LogP contribution in [0.25, 0.3) is 0 Å². The van der Waals surface area contributed by atoms with Crippen LogP contribution in [-0.2, 0) is 6.42 Å². The Kier molecular flexibility index (Phi) is 1.54. The van der Waals surface area contributed by atoms with Gasteiger partial charge in [-0.25, -0.2) is 0 Å². The van der Waals surface area contributed by atoms with Crippen LogP contribution in [0.3, 0.4) is 0 Å². The lowest BCUT2D eigenvalue weighted by atomic mass is 10.3. The first-order valence-electron chi connectivity index (χ1n) is 3.74. The molecule has 1 aliphatic heterocycles. The summed E-state index contributed by atoms with van der Waals surface area (Å²) >= 11 is 0. The molecule has 1 N–H and O–H groups in total. The van der Waals surface area contributed by atoms with Crippen molar-refractivity contribution < 1.29 is 19.6 Å². The summed E-state index contributed by atoms with van der Waals surface area (Å²) in [6.45, 7) is 0.455. The topological polar surface area (TPSA) is 76.5 Å². The number of hydrogen-bond donors (Lipinski definition) is 1. The summed E-state index contributed by atoms with van der Waals surface area (Å²) in [5.41, 5.74) is 0.453. The van der Waals surface area contributed by atoms with Gasteiger partial charge in [-0.15, -0.1) is 0 Å². The van der Waals surface area contributed by atoms with Crippen molar-refractivity contribution in [1.82, 2.24) is 0 Å². The fourth-order valence-electron chi connectivity index (χ4n) is 1.32. The fourth-order valence-corrected chi connectivity index (χ4v) is 1.32. The number of rotatable bonds is 1. The molecule has 0 fully saturated rings.